The van der Waals surface area contributed by atoms with Gasteiger partial charge in [-0.2, -0.15) is 5.10 Å². The number of aryl methyl sites for hydroxylation is 2. The molecule has 0 fully saturated rings. The van der Waals surface area contributed by atoms with Gasteiger partial charge in [0.1, 0.15) is 5.82 Å². The third kappa shape index (κ3) is 2.57. The molecule has 0 bridgehead atoms. The molecule has 3 N–H and O–H groups in total. The van der Waals surface area contributed by atoms with Crippen molar-refractivity contribution in [3.63, 3.8) is 0 Å². The van der Waals surface area contributed by atoms with Crippen LogP contribution in [0.4, 0.5) is 10.1 Å². The Hall–Kier alpha value is -2.37. The van der Waals surface area contributed by atoms with Crippen LogP contribution in [0.2, 0.25) is 0 Å². The van der Waals surface area contributed by atoms with Gasteiger partial charge in [0.05, 0.1) is 11.4 Å². The Bertz CT molecular complexity index is 590. The number of para-hydroxylation sites is 1. The van der Waals surface area contributed by atoms with E-state index in [0.717, 1.165) is 0 Å². The van der Waals surface area contributed by atoms with Crippen LogP contribution >= 0.6 is 0 Å². The molecular formula is C13H14FN3O2. The average molecular weight is 263 g/mol. The summed E-state index contributed by atoms with van der Waals surface area (Å²) in [7, 11) is 0. The van der Waals surface area contributed by atoms with Gasteiger partial charge >= 0.3 is 5.97 Å². The van der Waals surface area contributed by atoms with E-state index in [4.69, 9.17) is 0 Å². The van der Waals surface area contributed by atoms with E-state index in [1.54, 1.807) is 26.0 Å². The van der Waals surface area contributed by atoms with E-state index in [-0.39, 0.29) is 5.69 Å². The first-order valence-corrected chi connectivity index (χ1v) is 5.76. The molecular weight excluding hydrogens is 249 g/mol. The molecule has 6 heteroatoms. The van der Waals surface area contributed by atoms with Crippen molar-refractivity contribution in [3.05, 3.63) is 47.0 Å². The molecule has 1 heterocycles. The van der Waals surface area contributed by atoms with E-state index in [1.807, 2.05) is 0 Å². The number of anilines is 1. The number of aliphatic carboxylic acids is 1. The van der Waals surface area contributed by atoms with Gasteiger partial charge in [0, 0.05) is 11.3 Å². The summed E-state index contributed by atoms with van der Waals surface area (Å²) in [6.07, 6.45) is 0. The van der Waals surface area contributed by atoms with Crippen molar-refractivity contribution in [1.82, 2.24) is 10.2 Å². The molecule has 0 aliphatic rings. The van der Waals surface area contributed by atoms with Crippen LogP contribution in [0, 0.1) is 19.7 Å². The maximum Gasteiger partial charge on any atom is 0.330 e. The molecule has 0 radical (unpaired) electrons. The number of nitrogens with one attached hydrogen (secondary N) is 2. The van der Waals surface area contributed by atoms with Gasteiger partial charge in [-0.3, -0.25) is 5.10 Å². The molecule has 0 spiro atoms. The van der Waals surface area contributed by atoms with Gasteiger partial charge in [-0.1, -0.05) is 12.1 Å². The molecule has 1 atom stereocenters. The number of halogens is 1. The maximum absolute atomic E-state index is 13.6. The lowest BCUT2D eigenvalue weighted by atomic mass is 10.0. The van der Waals surface area contributed by atoms with Crippen molar-refractivity contribution in [1.29, 1.82) is 0 Å². The molecule has 2 aromatic rings. The normalized spacial score (nSPS) is 12.2. The highest BCUT2D eigenvalue weighted by atomic mass is 19.1. The fraction of sp³-hybridized carbons (Fsp3) is 0.231. The molecule has 0 aliphatic carbocycles. The van der Waals surface area contributed by atoms with Gasteiger partial charge in [0.25, 0.3) is 0 Å². The average Bonchev–Trinajstić information content (AvgIpc) is 2.68. The zero-order chi connectivity index (χ0) is 14.0. The predicted octanol–water partition coefficient (Wildman–Crippen LogP) is 2.40. The number of carboxylic acid groups (broad SMARTS) is 1. The lowest BCUT2D eigenvalue weighted by Crippen LogP contribution is -2.22. The smallest absolute Gasteiger partial charge is 0.330 e. The molecule has 0 saturated carbocycles. The third-order valence-electron chi connectivity index (χ3n) is 2.89. The predicted molar refractivity (Wildman–Crippen MR) is 68.5 cm³/mol. The zero-order valence-corrected chi connectivity index (χ0v) is 10.6. The van der Waals surface area contributed by atoms with Crippen LogP contribution in [0.25, 0.3) is 0 Å². The first-order chi connectivity index (χ1) is 9.00. The summed E-state index contributed by atoms with van der Waals surface area (Å²) in [5.41, 5.74) is 1.90. The fourth-order valence-electron chi connectivity index (χ4n) is 1.98. The fourth-order valence-corrected chi connectivity index (χ4v) is 1.98. The van der Waals surface area contributed by atoms with Gasteiger partial charge in [-0.15, -0.1) is 0 Å². The number of carbonyl (C=O) groups is 1. The van der Waals surface area contributed by atoms with Crippen molar-refractivity contribution < 1.29 is 14.3 Å². The molecule has 0 saturated heterocycles. The Kier molecular flexibility index (Phi) is 3.50. The monoisotopic (exact) mass is 263 g/mol. The SMILES string of the molecule is Cc1n[nH]c(C)c1C(Nc1ccccc1F)C(=O)O. The maximum atomic E-state index is 13.6. The van der Waals surface area contributed by atoms with Crippen LogP contribution in [0.15, 0.2) is 24.3 Å². The number of H-pyrrole nitrogens is 1. The second-order valence-corrected chi connectivity index (χ2v) is 4.24. The number of carboxylic acids is 1. The molecule has 2 rings (SSSR count). The van der Waals surface area contributed by atoms with E-state index >= 15 is 0 Å². The van der Waals surface area contributed by atoms with Crippen LogP contribution in [0.3, 0.4) is 0 Å². The molecule has 0 aliphatic heterocycles. The van der Waals surface area contributed by atoms with Gasteiger partial charge in [0.15, 0.2) is 6.04 Å². The molecule has 100 valence electrons. The minimum absolute atomic E-state index is 0.148. The highest BCUT2D eigenvalue weighted by Crippen LogP contribution is 2.25. The Balaban J connectivity index is 2.38. The Morgan fingerprint density at radius 3 is 2.63 bits per heavy atom. The van der Waals surface area contributed by atoms with Crippen LogP contribution in [-0.2, 0) is 4.79 Å². The molecule has 0 amide bonds. The standard InChI is InChI=1S/C13H14FN3O2/c1-7-11(8(2)17-16-7)12(13(18)19)15-10-6-4-3-5-9(10)14/h3-6,12,15H,1-2H3,(H,16,17)(H,18,19). The lowest BCUT2D eigenvalue weighted by molar-refractivity contribution is -0.138. The van der Waals surface area contributed by atoms with E-state index < -0.39 is 17.8 Å². The van der Waals surface area contributed by atoms with E-state index in [2.05, 4.69) is 15.5 Å². The summed E-state index contributed by atoms with van der Waals surface area (Å²) in [5, 5.41) is 18.7. The van der Waals surface area contributed by atoms with Crippen LogP contribution in [-0.4, -0.2) is 21.3 Å². The number of hydrogen-bond acceptors (Lipinski definition) is 3. The molecule has 1 aromatic heterocycles. The van der Waals surface area contributed by atoms with Gasteiger partial charge in [-0.05, 0) is 26.0 Å². The number of aromatic nitrogens is 2. The highest BCUT2D eigenvalue weighted by molar-refractivity contribution is 5.80. The number of benzene rings is 1. The second kappa shape index (κ2) is 5.09. The van der Waals surface area contributed by atoms with E-state index in [9.17, 15) is 14.3 Å². The van der Waals surface area contributed by atoms with Crippen molar-refractivity contribution >= 4 is 11.7 Å². The van der Waals surface area contributed by atoms with Gasteiger partial charge in [0.2, 0.25) is 0 Å². The quantitative estimate of drug-likeness (QED) is 0.791. The number of rotatable bonds is 4. The van der Waals surface area contributed by atoms with Crippen molar-refractivity contribution in [2.45, 2.75) is 19.9 Å². The van der Waals surface area contributed by atoms with Crippen LogP contribution in [0.1, 0.15) is 23.0 Å². The lowest BCUT2D eigenvalue weighted by Gasteiger charge is -2.16. The summed E-state index contributed by atoms with van der Waals surface area (Å²) in [6, 6.07) is 4.91. The molecule has 1 aromatic carbocycles. The Morgan fingerprint density at radius 2 is 2.11 bits per heavy atom. The summed E-state index contributed by atoms with van der Waals surface area (Å²) < 4.78 is 13.6. The van der Waals surface area contributed by atoms with Gasteiger partial charge in [-0.25, -0.2) is 9.18 Å². The minimum atomic E-state index is -1.09. The van der Waals surface area contributed by atoms with Crippen LogP contribution < -0.4 is 5.32 Å². The molecule has 1 unspecified atom stereocenters. The van der Waals surface area contributed by atoms with Crippen molar-refractivity contribution in [2.24, 2.45) is 0 Å². The summed E-state index contributed by atoms with van der Waals surface area (Å²) in [5.74, 6) is -1.58. The Morgan fingerprint density at radius 1 is 1.42 bits per heavy atom. The molecule has 5 nitrogen and oxygen atoms in total. The third-order valence-corrected chi connectivity index (χ3v) is 2.89. The largest absolute Gasteiger partial charge is 0.479 e. The topological polar surface area (TPSA) is 78.0 Å². The highest BCUT2D eigenvalue weighted by Gasteiger charge is 2.26. The summed E-state index contributed by atoms with van der Waals surface area (Å²) in [6.45, 7) is 3.44. The van der Waals surface area contributed by atoms with E-state index in [0.29, 0.717) is 17.0 Å². The van der Waals surface area contributed by atoms with Crippen molar-refractivity contribution in [2.75, 3.05) is 5.32 Å². The minimum Gasteiger partial charge on any atom is -0.479 e. The summed E-state index contributed by atoms with van der Waals surface area (Å²) in [4.78, 5) is 11.4. The van der Waals surface area contributed by atoms with E-state index in [1.165, 1.54) is 12.1 Å². The first-order valence-electron chi connectivity index (χ1n) is 5.76. The zero-order valence-electron chi connectivity index (χ0n) is 10.6. The Labute approximate surface area is 109 Å². The van der Waals surface area contributed by atoms with Crippen LogP contribution in [0.5, 0.6) is 0 Å². The van der Waals surface area contributed by atoms with Gasteiger partial charge < -0.3 is 10.4 Å². The first kappa shape index (κ1) is 13.1. The summed E-state index contributed by atoms with van der Waals surface area (Å²) >= 11 is 0. The number of aromatic amines is 1. The number of hydrogen-bond donors (Lipinski definition) is 3. The second-order valence-electron chi connectivity index (χ2n) is 4.24. The molecule has 19 heavy (non-hydrogen) atoms. The number of nitrogens with zero attached hydrogens (tertiary/aromatic N) is 1. The van der Waals surface area contributed by atoms with Crippen molar-refractivity contribution in [3.8, 4) is 0 Å².